The van der Waals surface area contributed by atoms with Crippen LogP contribution in [-0.4, -0.2) is 43.4 Å². The van der Waals surface area contributed by atoms with Crippen LogP contribution >= 0.6 is 22.6 Å². The molecule has 1 aliphatic heterocycles. The van der Waals surface area contributed by atoms with E-state index in [9.17, 15) is 19.5 Å². The number of halogens is 1. The second-order valence-electron chi connectivity index (χ2n) is 14.4. The molecule has 2 N–H and O–H groups in total. The number of aliphatic carboxylic acids is 1. The van der Waals surface area contributed by atoms with E-state index >= 15 is 0 Å². The van der Waals surface area contributed by atoms with Gasteiger partial charge < -0.3 is 19.3 Å². The van der Waals surface area contributed by atoms with Gasteiger partial charge in [0.05, 0.1) is 16.1 Å². The highest BCUT2D eigenvalue weighted by molar-refractivity contribution is 14.1. The number of H-pyrrole nitrogens is 1. The third kappa shape index (κ3) is 7.94. The molecule has 2 heterocycles. The van der Waals surface area contributed by atoms with Gasteiger partial charge in [-0.1, -0.05) is 205 Å². The summed E-state index contributed by atoms with van der Waals surface area (Å²) in [4.78, 5) is 40.4. The largest absolute Gasteiger partial charge is 0.478 e. The summed E-state index contributed by atoms with van der Waals surface area (Å²) in [5.74, 6) is -1.24. The van der Waals surface area contributed by atoms with Gasteiger partial charge in [0.25, 0.3) is 5.56 Å². The first-order valence-electron chi connectivity index (χ1n) is 19.5. The molecule has 1 fully saturated rings. The molecule has 7 aromatic rings. The molecule has 0 aliphatic carbocycles. The molecule has 60 heavy (non-hydrogen) atoms. The maximum Gasteiger partial charge on any atom is 0.330 e. The molecule has 0 amide bonds. The fourth-order valence-electron chi connectivity index (χ4n) is 8.07. The summed E-state index contributed by atoms with van der Waals surface area (Å²) in [6, 6.07) is 60.1. The van der Waals surface area contributed by atoms with Crippen LogP contribution in [0.2, 0.25) is 0 Å². The predicted molar refractivity (Wildman–Crippen MR) is 239 cm³/mol. The smallest absolute Gasteiger partial charge is 0.330 e. The molecular formula is C50H41IN2O7. The molecule has 1 aliphatic rings. The van der Waals surface area contributed by atoms with Gasteiger partial charge in [0.15, 0.2) is 6.23 Å². The average Bonchev–Trinajstić information content (AvgIpc) is 3.60. The van der Waals surface area contributed by atoms with Crippen molar-refractivity contribution in [1.82, 2.24) is 9.55 Å². The standard InChI is InChI=1S/C50H41IN2O7/c51-44-45(60-50(39-25-13-4-14-26-39,40-27-15-5-16-28-40)41-29-17-6-18-30-41)42(59-47(44)53-33-35(31-32-43(54)55)46(56)52-48(53)57)34-58-49(36-19-7-1-8-20-36,37-21-9-2-10-22-37)38-23-11-3-12-24-38/h1-33,42,44-45,47H,34H2,(H,54,55)(H,52,56,57)/t42-,44-,45-,47-/m1/s1. The van der Waals surface area contributed by atoms with E-state index < -0.39 is 50.8 Å². The van der Waals surface area contributed by atoms with Gasteiger partial charge in [0.1, 0.15) is 23.4 Å². The Morgan fingerprint density at radius 2 is 1.03 bits per heavy atom. The van der Waals surface area contributed by atoms with Gasteiger partial charge in [-0.2, -0.15) is 0 Å². The maximum atomic E-state index is 13.7. The monoisotopic (exact) mass is 908 g/mol. The number of carbonyl (C=O) groups is 1. The Hall–Kier alpha value is -6.18. The van der Waals surface area contributed by atoms with Crippen molar-refractivity contribution in [3.8, 4) is 0 Å². The van der Waals surface area contributed by atoms with E-state index in [1.54, 1.807) is 0 Å². The number of hydrogen-bond acceptors (Lipinski definition) is 6. The van der Waals surface area contributed by atoms with Gasteiger partial charge in [-0.15, -0.1) is 0 Å². The molecule has 0 spiro atoms. The van der Waals surface area contributed by atoms with E-state index in [4.69, 9.17) is 14.2 Å². The van der Waals surface area contributed by atoms with Crippen molar-refractivity contribution in [2.75, 3.05) is 6.61 Å². The first kappa shape index (κ1) is 40.6. The zero-order chi connectivity index (χ0) is 41.5. The van der Waals surface area contributed by atoms with E-state index in [1.165, 1.54) is 10.8 Å². The Bertz CT molecular complexity index is 2470. The minimum atomic E-state index is -1.24. The molecule has 300 valence electrons. The number of alkyl halides is 1. The van der Waals surface area contributed by atoms with Gasteiger partial charge in [0, 0.05) is 12.3 Å². The second kappa shape index (κ2) is 18.0. The van der Waals surface area contributed by atoms with Gasteiger partial charge in [-0.25, -0.2) is 9.59 Å². The number of aromatic nitrogens is 2. The number of hydrogen-bond donors (Lipinski definition) is 2. The molecular weight excluding hydrogens is 867 g/mol. The van der Waals surface area contributed by atoms with E-state index in [1.807, 2.05) is 182 Å². The minimum absolute atomic E-state index is 0.00230. The fraction of sp³-hybridized carbons (Fsp3) is 0.140. The summed E-state index contributed by atoms with van der Waals surface area (Å²) in [6.45, 7) is -0.00230. The lowest BCUT2D eigenvalue weighted by Crippen LogP contribution is -2.45. The maximum absolute atomic E-state index is 13.7. The van der Waals surface area contributed by atoms with Crippen molar-refractivity contribution in [3.63, 3.8) is 0 Å². The Labute approximate surface area is 360 Å². The number of aromatic amines is 1. The van der Waals surface area contributed by atoms with Crippen LogP contribution < -0.4 is 11.2 Å². The lowest BCUT2D eigenvalue weighted by atomic mass is 9.79. The number of rotatable bonds is 14. The van der Waals surface area contributed by atoms with Crippen LogP contribution in [0.1, 0.15) is 45.2 Å². The molecule has 0 unspecified atom stereocenters. The Morgan fingerprint density at radius 1 is 0.650 bits per heavy atom. The number of nitrogens with zero attached hydrogens (tertiary/aromatic N) is 1. The quantitative estimate of drug-likeness (QED) is 0.0485. The van der Waals surface area contributed by atoms with E-state index in [0.29, 0.717) is 0 Å². The zero-order valence-corrected chi connectivity index (χ0v) is 34.4. The molecule has 9 nitrogen and oxygen atoms in total. The van der Waals surface area contributed by atoms with Crippen molar-refractivity contribution in [2.24, 2.45) is 0 Å². The van der Waals surface area contributed by atoms with Gasteiger partial charge >= 0.3 is 11.7 Å². The normalized spacial score (nSPS) is 18.1. The Balaban J connectivity index is 1.31. The van der Waals surface area contributed by atoms with Gasteiger partial charge in [-0.05, 0) is 39.5 Å². The van der Waals surface area contributed by atoms with Crippen molar-refractivity contribution in [2.45, 2.75) is 33.6 Å². The first-order chi connectivity index (χ1) is 29.3. The van der Waals surface area contributed by atoms with Crippen LogP contribution in [0, 0.1) is 0 Å². The lowest BCUT2D eigenvalue weighted by Gasteiger charge is -2.41. The molecule has 8 rings (SSSR count). The van der Waals surface area contributed by atoms with Gasteiger partial charge in [-0.3, -0.25) is 14.3 Å². The molecule has 0 bridgehead atoms. The van der Waals surface area contributed by atoms with Crippen molar-refractivity contribution >= 4 is 34.6 Å². The van der Waals surface area contributed by atoms with Crippen molar-refractivity contribution in [1.29, 1.82) is 0 Å². The minimum Gasteiger partial charge on any atom is -0.478 e. The summed E-state index contributed by atoms with van der Waals surface area (Å²) in [5.41, 5.74) is 1.61. The van der Waals surface area contributed by atoms with Crippen molar-refractivity contribution < 1.29 is 24.1 Å². The summed E-state index contributed by atoms with van der Waals surface area (Å²) in [7, 11) is 0. The predicted octanol–water partition coefficient (Wildman–Crippen LogP) is 8.72. The number of benzene rings is 6. The molecule has 10 heteroatoms. The fourth-order valence-corrected chi connectivity index (χ4v) is 9.19. The molecule has 1 saturated heterocycles. The Kier molecular flexibility index (Phi) is 12.2. The number of ether oxygens (including phenoxy) is 3. The summed E-state index contributed by atoms with van der Waals surface area (Å²) in [6.07, 6.45) is 0.793. The van der Waals surface area contributed by atoms with Gasteiger partial charge in [0.2, 0.25) is 0 Å². The highest BCUT2D eigenvalue weighted by Gasteiger charge is 2.52. The molecule has 4 atom stereocenters. The van der Waals surface area contributed by atoms with Crippen LogP contribution in [0.3, 0.4) is 0 Å². The summed E-state index contributed by atoms with van der Waals surface area (Å²) < 4.78 is 22.8. The second-order valence-corrected chi connectivity index (χ2v) is 15.8. The van der Waals surface area contributed by atoms with E-state index in [0.717, 1.165) is 45.5 Å². The van der Waals surface area contributed by atoms with E-state index in [-0.39, 0.29) is 12.2 Å². The number of carboxylic acids is 1. The third-order valence-corrected chi connectivity index (χ3v) is 12.1. The highest BCUT2D eigenvalue weighted by atomic mass is 127. The number of nitrogens with one attached hydrogen (secondary N) is 1. The van der Waals surface area contributed by atoms with E-state index in [2.05, 4.69) is 27.6 Å². The van der Waals surface area contributed by atoms with Crippen molar-refractivity contribution in [3.05, 3.63) is 254 Å². The molecule has 0 radical (unpaired) electrons. The molecule has 6 aromatic carbocycles. The first-order valence-corrected chi connectivity index (χ1v) is 20.8. The van der Waals surface area contributed by atoms with Crippen LogP contribution in [0.25, 0.3) is 6.08 Å². The lowest BCUT2D eigenvalue weighted by molar-refractivity contribution is -0.131. The van der Waals surface area contributed by atoms with Crippen LogP contribution in [0.5, 0.6) is 0 Å². The Morgan fingerprint density at radius 3 is 1.42 bits per heavy atom. The summed E-state index contributed by atoms with van der Waals surface area (Å²) >= 11 is 2.27. The van der Waals surface area contributed by atoms with Crippen LogP contribution in [-0.2, 0) is 30.2 Å². The average molecular weight is 909 g/mol. The third-order valence-electron chi connectivity index (χ3n) is 10.8. The molecule has 1 aromatic heterocycles. The topological polar surface area (TPSA) is 120 Å². The van der Waals surface area contributed by atoms with Crippen LogP contribution in [0.15, 0.2) is 204 Å². The summed E-state index contributed by atoms with van der Waals surface area (Å²) in [5, 5.41) is 9.35. The highest BCUT2D eigenvalue weighted by Crippen LogP contribution is 2.48. The number of carboxylic acid groups (broad SMARTS) is 1. The SMILES string of the molecule is O=C(O)C=Cc1cn([C@@H]2O[C@H](COC(c3ccccc3)(c3ccccc3)c3ccccc3)[C@@H](OC(c3ccccc3)(c3ccccc3)c3ccccc3)[C@H]2I)c(=O)[nH]c1=O. The molecule has 0 saturated carbocycles. The van der Waals surface area contributed by atoms with Crippen LogP contribution in [0.4, 0.5) is 0 Å². The zero-order valence-electron chi connectivity index (χ0n) is 32.3.